The van der Waals surface area contributed by atoms with Crippen LogP contribution < -0.4 is 9.47 Å². The Morgan fingerprint density at radius 2 is 1.41 bits per heavy atom. The zero-order chi connectivity index (χ0) is 20.5. The third-order valence-corrected chi connectivity index (χ3v) is 4.91. The minimum absolute atomic E-state index is 0.460. The maximum Gasteiger partial charge on any atom is 0.165 e. The molecular weight excluding hydrogens is 362 g/mol. The molecule has 0 aliphatic carbocycles. The van der Waals surface area contributed by atoms with Crippen molar-refractivity contribution >= 4 is 0 Å². The van der Waals surface area contributed by atoms with Crippen LogP contribution in [0.5, 0.6) is 11.5 Å². The van der Waals surface area contributed by atoms with Crippen LogP contribution in [0.1, 0.15) is 16.7 Å². The standard InChI is InChI=1S/C25H29NO3/c1-28-24-15-9-14-22(25(24)29-2)18-26(17-21-12-7-4-8-13-21)19-23(27)16-20-10-5-3-6-11-20/h3-15,23,27H,16-19H2,1-2H3/t23-/m0/s1. The van der Waals surface area contributed by atoms with Gasteiger partial charge in [-0.1, -0.05) is 72.8 Å². The molecule has 0 heterocycles. The van der Waals surface area contributed by atoms with Crippen molar-refractivity contribution in [2.24, 2.45) is 0 Å². The van der Waals surface area contributed by atoms with E-state index in [4.69, 9.17) is 9.47 Å². The third-order valence-electron chi connectivity index (χ3n) is 4.91. The molecule has 0 fully saturated rings. The Balaban J connectivity index is 1.78. The molecule has 0 aromatic heterocycles. The molecule has 3 aromatic carbocycles. The lowest BCUT2D eigenvalue weighted by Gasteiger charge is -2.26. The number of aliphatic hydroxyl groups excluding tert-OH is 1. The number of hydrogen-bond acceptors (Lipinski definition) is 4. The van der Waals surface area contributed by atoms with Gasteiger partial charge in [-0.3, -0.25) is 4.90 Å². The van der Waals surface area contributed by atoms with Crippen LogP contribution in [0.25, 0.3) is 0 Å². The highest BCUT2D eigenvalue weighted by molar-refractivity contribution is 5.46. The molecule has 152 valence electrons. The monoisotopic (exact) mass is 391 g/mol. The highest BCUT2D eigenvalue weighted by atomic mass is 16.5. The van der Waals surface area contributed by atoms with Crippen molar-refractivity contribution < 1.29 is 14.6 Å². The summed E-state index contributed by atoms with van der Waals surface area (Å²) in [6, 6.07) is 26.3. The van der Waals surface area contributed by atoms with Gasteiger partial charge >= 0.3 is 0 Å². The van der Waals surface area contributed by atoms with E-state index in [9.17, 15) is 5.11 Å². The number of methoxy groups -OCH3 is 2. The summed E-state index contributed by atoms with van der Waals surface area (Å²) in [5.41, 5.74) is 3.38. The minimum atomic E-state index is -0.460. The van der Waals surface area contributed by atoms with Crippen LogP contribution in [0.15, 0.2) is 78.9 Å². The maximum absolute atomic E-state index is 10.8. The molecule has 0 saturated carbocycles. The second-order valence-corrected chi connectivity index (χ2v) is 7.15. The lowest BCUT2D eigenvalue weighted by Crippen LogP contribution is -2.33. The van der Waals surface area contributed by atoms with Gasteiger partial charge in [-0.15, -0.1) is 0 Å². The number of benzene rings is 3. The summed E-state index contributed by atoms with van der Waals surface area (Å²) < 4.78 is 11.0. The predicted octanol–water partition coefficient (Wildman–Crippen LogP) is 4.31. The summed E-state index contributed by atoms with van der Waals surface area (Å²) in [4.78, 5) is 2.25. The lowest BCUT2D eigenvalue weighted by molar-refractivity contribution is 0.104. The van der Waals surface area contributed by atoms with Crippen LogP contribution in [0.3, 0.4) is 0 Å². The molecule has 3 rings (SSSR count). The molecule has 4 nitrogen and oxygen atoms in total. The maximum atomic E-state index is 10.8. The average molecular weight is 392 g/mol. The number of hydrogen-bond donors (Lipinski definition) is 1. The zero-order valence-electron chi connectivity index (χ0n) is 17.1. The molecule has 1 atom stereocenters. The molecule has 3 aromatic rings. The van der Waals surface area contributed by atoms with Crippen molar-refractivity contribution in [3.05, 3.63) is 95.6 Å². The Hall–Kier alpha value is -2.82. The third kappa shape index (κ3) is 6.08. The first-order chi connectivity index (χ1) is 14.2. The molecule has 0 amide bonds. The summed E-state index contributed by atoms with van der Waals surface area (Å²) in [6.45, 7) is 1.96. The predicted molar refractivity (Wildman–Crippen MR) is 116 cm³/mol. The summed E-state index contributed by atoms with van der Waals surface area (Å²) in [7, 11) is 3.31. The van der Waals surface area contributed by atoms with E-state index < -0.39 is 6.10 Å². The largest absolute Gasteiger partial charge is 0.493 e. The molecule has 0 saturated heterocycles. The first-order valence-corrected chi connectivity index (χ1v) is 9.87. The fraction of sp³-hybridized carbons (Fsp3) is 0.280. The Morgan fingerprint density at radius 1 is 0.759 bits per heavy atom. The zero-order valence-corrected chi connectivity index (χ0v) is 17.1. The van der Waals surface area contributed by atoms with Gasteiger partial charge in [-0.05, 0) is 23.6 Å². The first kappa shape index (κ1) is 20.9. The van der Waals surface area contributed by atoms with E-state index in [0.29, 0.717) is 19.5 Å². The smallest absolute Gasteiger partial charge is 0.165 e. The molecule has 0 bridgehead atoms. The molecule has 0 unspecified atom stereocenters. The van der Waals surface area contributed by atoms with Crippen LogP contribution in [-0.4, -0.2) is 36.9 Å². The Morgan fingerprint density at radius 3 is 2.03 bits per heavy atom. The van der Waals surface area contributed by atoms with Crippen LogP contribution in [0.2, 0.25) is 0 Å². The SMILES string of the molecule is COc1cccc(CN(Cc2ccccc2)C[C@@H](O)Cc2ccccc2)c1OC. The van der Waals surface area contributed by atoms with E-state index in [2.05, 4.69) is 29.2 Å². The molecule has 0 radical (unpaired) electrons. The minimum Gasteiger partial charge on any atom is -0.493 e. The van der Waals surface area contributed by atoms with Gasteiger partial charge in [0.25, 0.3) is 0 Å². The number of aliphatic hydroxyl groups is 1. The van der Waals surface area contributed by atoms with Gasteiger partial charge in [0, 0.05) is 25.2 Å². The Kier molecular flexibility index (Phi) is 7.68. The van der Waals surface area contributed by atoms with Crippen molar-refractivity contribution in [1.82, 2.24) is 4.90 Å². The van der Waals surface area contributed by atoms with E-state index in [1.165, 1.54) is 5.56 Å². The number of para-hydroxylation sites is 1. The van der Waals surface area contributed by atoms with Crippen molar-refractivity contribution in [3.63, 3.8) is 0 Å². The van der Waals surface area contributed by atoms with Crippen LogP contribution in [0, 0.1) is 0 Å². The van der Waals surface area contributed by atoms with E-state index in [1.54, 1.807) is 14.2 Å². The molecule has 1 N–H and O–H groups in total. The van der Waals surface area contributed by atoms with Gasteiger partial charge in [0.05, 0.1) is 20.3 Å². The van der Waals surface area contributed by atoms with Crippen molar-refractivity contribution in [2.75, 3.05) is 20.8 Å². The molecule has 0 aliphatic rings. The summed E-state index contributed by atoms with van der Waals surface area (Å²) >= 11 is 0. The van der Waals surface area contributed by atoms with Crippen LogP contribution >= 0.6 is 0 Å². The fourth-order valence-corrected chi connectivity index (χ4v) is 3.59. The van der Waals surface area contributed by atoms with Crippen LogP contribution in [-0.2, 0) is 19.5 Å². The van der Waals surface area contributed by atoms with E-state index in [1.807, 2.05) is 54.6 Å². The normalized spacial score (nSPS) is 12.0. The number of rotatable bonds is 10. The highest BCUT2D eigenvalue weighted by Crippen LogP contribution is 2.31. The quantitative estimate of drug-likeness (QED) is 0.559. The van der Waals surface area contributed by atoms with Crippen molar-refractivity contribution in [3.8, 4) is 11.5 Å². The Labute approximate surface area is 173 Å². The van der Waals surface area contributed by atoms with Gasteiger partial charge in [-0.2, -0.15) is 0 Å². The average Bonchev–Trinajstić information content (AvgIpc) is 2.74. The summed E-state index contributed by atoms with van der Waals surface area (Å²) in [5.74, 6) is 1.46. The van der Waals surface area contributed by atoms with Gasteiger partial charge in [0.2, 0.25) is 0 Å². The fourth-order valence-electron chi connectivity index (χ4n) is 3.59. The van der Waals surface area contributed by atoms with Crippen molar-refractivity contribution in [2.45, 2.75) is 25.6 Å². The van der Waals surface area contributed by atoms with E-state index in [0.717, 1.165) is 29.2 Å². The summed E-state index contributed by atoms with van der Waals surface area (Å²) in [6.07, 6.45) is 0.166. The molecule has 29 heavy (non-hydrogen) atoms. The Bertz CT molecular complexity index is 868. The summed E-state index contributed by atoms with van der Waals surface area (Å²) in [5, 5.41) is 10.8. The first-order valence-electron chi connectivity index (χ1n) is 9.87. The highest BCUT2D eigenvalue weighted by Gasteiger charge is 2.17. The molecule has 0 spiro atoms. The molecular formula is C25H29NO3. The van der Waals surface area contributed by atoms with Gasteiger partial charge in [0.15, 0.2) is 11.5 Å². The lowest BCUT2D eigenvalue weighted by atomic mass is 10.1. The second kappa shape index (κ2) is 10.6. The van der Waals surface area contributed by atoms with Gasteiger partial charge in [-0.25, -0.2) is 0 Å². The van der Waals surface area contributed by atoms with Gasteiger partial charge < -0.3 is 14.6 Å². The molecule has 0 aliphatic heterocycles. The van der Waals surface area contributed by atoms with Crippen molar-refractivity contribution in [1.29, 1.82) is 0 Å². The van der Waals surface area contributed by atoms with E-state index >= 15 is 0 Å². The van der Waals surface area contributed by atoms with E-state index in [-0.39, 0.29) is 0 Å². The number of nitrogens with zero attached hydrogens (tertiary/aromatic N) is 1. The van der Waals surface area contributed by atoms with Crippen LogP contribution in [0.4, 0.5) is 0 Å². The topological polar surface area (TPSA) is 41.9 Å². The number of ether oxygens (including phenoxy) is 2. The molecule has 4 heteroatoms. The second-order valence-electron chi connectivity index (χ2n) is 7.15. The van der Waals surface area contributed by atoms with Gasteiger partial charge in [0.1, 0.15) is 0 Å².